The second kappa shape index (κ2) is 9.17. The minimum atomic E-state index is -4.61. The molecule has 37 heavy (non-hydrogen) atoms. The lowest BCUT2D eigenvalue weighted by Crippen LogP contribution is -2.64. The second-order valence-electron chi connectivity index (χ2n) is 11.1. The molecule has 2 heterocycles. The van der Waals surface area contributed by atoms with Gasteiger partial charge < -0.3 is 20.1 Å². The van der Waals surface area contributed by atoms with Crippen LogP contribution in [0.25, 0.3) is 0 Å². The summed E-state index contributed by atoms with van der Waals surface area (Å²) in [5.41, 5.74) is 0.0727. The monoisotopic (exact) mass is 537 g/mol. The number of rotatable bonds is 5. The van der Waals surface area contributed by atoms with Crippen molar-refractivity contribution in [2.75, 3.05) is 43.5 Å². The molecule has 4 saturated carbocycles. The van der Waals surface area contributed by atoms with Crippen molar-refractivity contribution in [1.29, 1.82) is 0 Å². The number of nitrogens with zero attached hydrogens (tertiary/aromatic N) is 4. The van der Waals surface area contributed by atoms with E-state index in [-0.39, 0.29) is 5.95 Å². The van der Waals surface area contributed by atoms with E-state index in [4.69, 9.17) is 16.3 Å². The Kier molecular flexibility index (Phi) is 6.19. The average Bonchev–Trinajstić information content (AvgIpc) is 2.83. The molecule has 4 bridgehead atoms. The first-order valence-corrected chi connectivity index (χ1v) is 13.3. The van der Waals surface area contributed by atoms with Gasteiger partial charge in [-0.15, -0.1) is 0 Å². The van der Waals surface area contributed by atoms with E-state index in [9.17, 15) is 18.3 Å². The molecule has 2 atom stereocenters. The molecule has 5 fully saturated rings. The van der Waals surface area contributed by atoms with Gasteiger partial charge in [0.1, 0.15) is 16.5 Å². The maximum Gasteiger partial charge on any atom is 0.420 e. The molecule has 7 rings (SSSR count). The second-order valence-corrected chi connectivity index (χ2v) is 11.5. The summed E-state index contributed by atoms with van der Waals surface area (Å²) in [5.74, 6) is 2.44. The summed E-state index contributed by atoms with van der Waals surface area (Å²) in [7, 11) is 1.54. The number of aromatic nitrogens is 2. The van der Waals surface area contributed by atoms with Gasteiger partial charge in [0.2, 0.25) is 5.95 Å². The fraction of sp³-hybridized carbons (Fsp3) is 0.615. The van der Waals surface area contributed by atoms with Gasteiger partial charge in [0, 0.05) is 50.2 Å². The van der Waals surface area contributed by atoms with Gasteiger partial charge in [-0.3, -0.25) is 4.90 Å². The van der Waals surface area contributed by atoms with Gasteiger partial charge in [-0.2, -0.15) is 13.2 Å². The molecule has 7 nitrogen and oxygen atoms in total. The first-order valence-electron chi connectivity index (χ1n) is 12.9. The van der Waals surface area contributed by atoms with Crippen LogP contribution in [-0.2, 0) is 6.18 Å². The normalized spacial score (nSPS) is 31.6. The summed E-state index contributed by atoms with van der Waals surface area (Å²) in [6.45, 7) is 3.77. The smallest absolute Gasteiger partial charge is 0.420 e. The van der Waals surface area contributed by atoms with Crippen molar-refractivity contribution in [1.82, 2.24) is 14.9 Å². The van der Waals surface area contributed by atoms with Crippen molar-refractivity contribution >= 4 is 28.9 Å². The molecule has 0 radical (unpaired) electrons. The predicted molar refractivity (Wildman–Crippen MR) is 134 cm³/mol. The van der Waals surface area contributed by atoms with Crippen LogP contribution >= 0.6 is 11.6 Å². The number of halogens is 4. The number of benzene rings is 1. The molecule has 2 unspecified atom stereocenters. The predicted octanol–water partition coefficient (Wildman–Crippen LogP) is 4.96. The van der Waals surface area contributed by atoms with E-state index < -0.39 is 22.5 Å². The van der Waals surface area contributed by atoms with Gasteiger partial charge in [-0.25, -0.2) is 9.97 Å². The zero-order valence-corrected chi connectivity index (χ0v) is 21.4. The Morgan fingerprint density at radius 3 is 2.41 bits per heavy atom. The molecule has 5 aliphatic rings. The number of hydrogen-bond acceptors (Lipinski definition) is 7. The molecule has 1 aromatic heterocycles. The fourth-order valence-corrected chi connectivity index (χ4v) is 7.78. The lowest BCUT2D eigenvalue weighted by atomic mass is 9.52. The van der Waals surface area contributed by atoms with E-state index in [1.54, 1.807) is 7.11 Å². The van der Waals surface area contributed by atoms with Crippen LogP contribution in [0.3, 0.4) is 0 Å². The highest BCUT2D eigenvalue weighted by Gasteiger charge is 2.56. The van der Waals surface area contributed by atoms with E-state index in [0.29, 0.717) is 41.4 Å². The molecule has 4 aliphatic carbocycles. The standard InChI is InChI=1S/C26H31ClF3N5O2/c1-37-21-10-18(2-3-20(21)32-24-31-14-19(23(27)33-24)26(28,29)30)34-4-6-35(7-5-34)22-16-8-15-9-17(22)13-25(36,11-15)12-16/h2-3,10,14-17,22,36H,4-9,11-13H2,1H3,(H,31,32,33). The summed E-state index contributed by atoms with van der Waals surface area (Å²) < 4.78 is 44.4. The van der Waals surface area contributed by atoms with Crippen LogP contribution in [0.1, 0.15) is 37.7 Å². The van der Waals surface area contributed by atoms with Crippen LogP contribution in [0.2, 0.25) is 5.15 Å². The van der Waals surface area contributed by atoms with Crippen molar-refractivity contribution in [2.24, 2.45) is 17.8 Å². The zero-order chi connectivity index (χ0) is 25.9. The maximum absolute atomic E-state index is 12.9. The highest BCUT2D eigenvalue weighted by atomic mass is 35.5. The molecule has 11 heteroatoms. The van der Waals surface area contributed by atoms with Crippen LogP contribution in [0.15, 0.2) is 24.4 Å². The van der Waals surface area contributed by atoms with E-state index in [1.165, 1.54) is 12.8 Å². The highest BCUT2D eigenvalue weighted by Crippen LogP contribution is 2.57. The highest BCUT2D eigenvalue weighted by molar-refractivity contribution is 6.30. The lowest BCUT2D eigenvalue weighted by molar-refractivity contribution is -0.160. The maximum atomic E-state index is 12.9. The van der Waals surface area contributed by atoms with Crippen LogP contribution in [0.4, 0.5) is 30.5 Å². The fourth-order valence-electron chi connectivity index (χ4n) is 7.54. The number of anilines is 3. The summed E-state index contributed by atoms with van der Waals surface area (Å²) >= 11 is 5.73. The first-order chi connectivity index (χ1) is 17.6. The largest absolute Gasteiger partial charge is 0.494 e. The average molecular weight is 538 g/mol. The van der Waals surface area contributed by atoms with E-state index in [2.05, 4.69) is 25.1 Å². The van der Waals surface area contributed by atoms with Crippen LogP contribution in [0, 0.1) is 17.8 Å². The Morgan fingerprint density at radius 2 is 1.81 bits per heavy atom. The number of nitrogens with one attached hydrogen (secondary N) is 1. The molecule has 1 saturated heterocycles. The quantitative estimate of drug-likeness (QED) is 0.522. The lowest BCUT2D eigenvalue weighted by Gasteiger charge is -2.61. The third kappa shape index (κ3) is 4.72. The van der Waals surface area contributed by atoms with Crippen molar-refractivity contribution in [3.8, 4) is 5.75 Å². The minimum Gasteiger partial charge on any atom is -0.494 e. The molecule has 1 aromatic carbocycles. The van der Waals surface area contributed by atoms with Crippen LogP contribution in [0.5, 0.6) is 5.75 Å². The first kappa shape index (κ1) is 25.0. The number of aliphatic hydroxyl groups is 1. The van der Waals surface area contributed by atoms with Gasteiger partial charge in [-0.1, -0.05) is 11.6 Å². The zero-order valence-electron chi connectivity index (χ0n) is 20.6. The molecule has 0 amide bonds. The summed E-state index contributed by atoms with van der Waals surface area (Å²) in [6, 6.07) is 6.29. The Labute approximate surface area is 219 Å². The molecule has 1 aliphatic heterocycles. The van der Waals surface area contributed by atoms with E-state index in [0.717, 1.165) is 51.1 Å². The van der Waals surface area contributed by atoms with Gasteiger partial charge in [0.25, 0.3) is 0 Å². The van der Waals surface area contributed by atoms with E-state index in [1.807, 2.05) is 18.2 Å². The van der Waals surface area contributed by atoms with Crippen LogP contribution in [-0.4, -0.2) is 64.9 Å². The summed E-state index contributed by atoms with van der Waals surface area (Å²) in [6.07, 6.45) is 1.52. The molecular weight excluding hydrogens is 507 g/mol. The third-order valence-corrected chi connectivity index (χ3v) is 9.06. The van der Waals surface area contributed by atoms with Crippen LogP contribution < -0.4 is 15.0 Å². The Bertz CT molecular complexity index is 1160. The van der Waals surface area contributed by atoms with Gasteiger partial charge in [0.05, 0.1) is 18.4 Å². The van der Waals surface area contributed by atoms with Crippen molar-refractivity contribution in [3.05, 3.63) is 35.1 Å². The Morgan fingerprint density at radius 1 is 1.11 bits per heavy atom. The number of methoxy groups -OCH3 is 1. The van der Waals surface area contributed by atoms with Gasteiger partial charge in [0.15, 0.2) is 0 Å². The molecule has 2 N–H and O–H groups in total. The Balaban J connectivity index is 1.11. The van der Waals surface area contributed by atoms with Crippen molar-refractivity contribution < 1.29 is 23.0 Å². The number of ether oxygens (including phenoxy) is 1. The van der Waals surface area contributed by atoms with Crippen molar-refractivity contribution in [2.45, 2.75) is 49.9 Å². The third-order valence-electron chi connectivity index (χ3n) is 8.77. The summed E-state index contributed by atoms with van der Waals surface area (Å²) in [4.78, 5) is 12.5. The SMILES string of the molecule is COc1cc(N2CCN(C3C4CC5CC3CC(O)(C5)C4)CC2)ccc1Nc1ncc(C(F)(F)F)c(Cl)n1. The topological polar surface area (TPSA) is 73.8 Å². The molecular formula is C26H31ClF3N5O2. The molecule has 200 valence electrons. The van der Waals surface area contributed by atoms with E-state index >= 15 is 0 Å². The molecule has 0 spiro atoms. The Hall–Kier alpha value is -2.30. The minimum absolute atomic E-state index is 0.0435. The van der Waals surface area contributed by atoms with Gasteiger partial charge >= 0.3 is 6.18 Å². The molecule has 2 aromatic rings. The van der Waals surface area contributed by atoms with Crippen molar-refractivity contribution in [3.63, 3.8) is 0 Å². The number of piperazine rings is 1. The number of hydrogen-bond donors (Lipinski definition) is 2. The van der Waals surface area contributed by atoms with Gasteiger partial charge in [-0.05, 0) is 62.0 Å². The number of alkyl halides is 3. The summed E-state index contributed by atoms with van der Waals surface area (Å²) in [5, 5.41) is 13.2.